The van der Waals surface area contributed by atoms with Gasteiger partial charge in [-0.1, -0.05) is 0 Å². The molecule has 0 spiro atoms. The number of methoxy groups -OCH3 is 1. The Morgan fingerprint density at radius 1 is 1.36 bits per heavy atom. The molecule has 0 bridgehead atoms. The molecule has 2 aromatic rings. The number of nitrogen functional groups attached to an aromatic ring is 1. The first-order chi connectivity index (χ1) is 12.1. The number of nitrogens with zero attached hydrogens (tertiary/aromatic N) is 4. The van der Waals surface area contributed by atoms with Crippen LogP contribution in [-0.2, 0) is 6.54 Å². The highest BCUT2D eigenvalue weighted by Crippen LogP contribution is 2.20. The Morgan fingerprint density at radius 2 is 2.12 bits per heavy atom. The lowest BCUT2D eigenvalue weighted by Gasteiger charge is -2.24. The van der Waals surface area contributed by atoms with Crippen molar-refractivity contribution in [2.24, 2.45) is 0 Å². The highest BCUT2D eigenvalue weighted by Gasteiger charge is 2.29. The van der Waals surface area contributed by atoms with Gasteiger partial charge in [-0.3, -0.25) is 9.69 Å². The summed E-state index contributed by atoms with van der Waals surface area (Å²) in [6.45, 7) is 2.06. The summed E-state index contributed by atoms with van der Waals surface area (Å²) in [4.78, 5) is 25.2. The van der Waals surface area contributed by atoms with Crippen LogP contribution in [0.15, 0.2) is 36.5 Å². The molecule has 1 amide bonds. The molecule has 2 N–H and O–H groups in total. The minimum absolute atomic E-state index is 0.0544. The molecule has 0 saturated carbocycles. The van der Waals surface area contributed by atoms with Gasteiger partial charge in [-0.05, 0) is 43.8 Å². The first-order valence-corrected chi connectivity index (χ1v) is 8.28. The summed E-state index contributed by atoms with van der Waals surface area (Å²) in [5, 5.41) is 0. The van der Waals surface area contributed by atoms with Gasteiger partial charge in [-0.2, -0.15) is 0 Å². The van der Waals surface area contributed by atoms with Crippen molar-refractivity contribution in [3.8, 4) is 5.75 Å². The normalized spacial score (nSPS) is 17.1. The van der Waals surface area contributed by atoms with Crippen LogP contribution in [0.3, 0.4) is 0 Å². The number of ether oxygens (including phenoxy) is 1. The molecule has 1 atom stereocenters. The number of carbonyl (C=O) groups is 1. The SMILES string of the molecule is COc1ccc(C(=O)N2CC[C@H](N(C)Cc3nccc(N)n3)C2)cc1. The third kappa shape index (κ3) is 4.06. The van der Waals surface area contributed by atoms with Gasteiger partial charge in [0.1, 0.15) is 17.4 Å². The highest BCUT2D eigenvalue weighted by molar-refractivity contribution is 5.94. The van der Waals surface area contributed by atoms with Crippen molar-refractivity contribution >= 4 is 11.7 Å². The van der Waals surface area contributed by atoms with E-state index in [9.17, 15) is 4.79 Å². The number of likely N-dealkylation sites (N-methyl/N-ethyl adjacent to an activating group) is 1. The van der Waals surface area contributed by atoms with Gasteiger partial charge in [0.05, 0.1) is 13.7 Å². The van der Waals surface area contributed by atoms with Crippen molar-refractivity contribution in [2.45, 2.75) is 19.0 Å². The molecule has 1 aliphatic heterocycles. The fourth-order valence-electron chi connectivity index (χ4n) is 3.05. The molecule has 1 aromatic heterocycles. The molecular weight excluding hydrogens is 318 g/mol. The lowest BCUT2D eigenvalue weighted by molar-refractivity contribution is 0.0779. The van der Waals surface area contributed by atoms with Crippen molar-refractivity contribution in [2.75, 3.05) is 33.0 Å². The molecule has 1 aromatic carbocycles. The second kappa shape index (κ2) is 7.48. The summed E-state index contributed by atoms with van der Waals surface area (Å²) in [6.07, 6.45) is 2.60. The van der Waals surface area contributed by atoms with E-state index in [1.807, 2.05) is 24.1 Å². The summed E-state index contributed by atoms with van der Waals surface area (Å²) >= 11 is 0. The van der Waals surface area contributed by atoms with Crippen LogP contribution in [0, 0.1) is 0 Å². The number of nitrogens with two attached hydrogens (primary N) is 1. The van der Waals surface area contributed by atoms with Crippen LogP contribution in [0.5, 0.6) is 5.75 Å². The Labute approximate surface area is 147 Å². The summed E-state index contributed by atoms with van der Waals surface area (Å²) in [5.41, 5.74) is 6.39. The van der Waals surface area contributed by atoms with E-state index in [-0.39, 0.29) is 11.9 Å². The summed E-state index contributed by atoms with van der Waals surface area (Å²) in [5.74, 6) is 1.97. The van der Waals surface area contributed by atoms with Crippen molar-refractivity contribution in [1.82, 2.24) is 19.8 Å². The molecule has 25 heavy (non-hydrogen) atoms. The van der Waals surface area contributed by atoms with Crippen LogP contribution in [0.1, 0.15) is 22.6 Å². The van der Waals surface area contributed by atoms with Gasteiger partial charge in [0.25, 0.3) is 5.91 Å². The van der Waals surface area contributed by atoms with Gasteiger partial charge < -0.3 is 15.4 Å². The number of carbonyl (C=O) groups excluding carboxylic acids is 1. The van der Waals surface area contributed by atoms with Crippen molar-refractivity contribution in [1.29, 1.82) is 0 Å². The average molecular weight is 341 g/mol. The van der Waals surface area contributed by atoms with Crippen LogP contribution < -0.4 is 10.5 Å². The fourth-order valence-corrected chi connectivity index (χ4v) is 3.05. The monoisotopic (exact) mass is 341 g/mol. The first kappa shape index (κ1) is 17.2. The molecule has 0 radical (unpaired) electrons. The molecule has 7 heteroatoms. The second-order valence-corrected chi connectivity index (χ2v) is 6.24. The van der Waals surface area contributed by atoms with E-state index in [1.54, 1.807) is 31.5 Å². The van der Waals surface area contributed by atoms with Crippen molar-refractivity contribution in [3.63, 3.8) is 0 Å². The Kier molecular flexibility index (Phi) is 5.14. The molecule has 0 unspecified atom stereocenters. The smallest absolute Gasteiger partial charge is 0.253 e. The lowest BCUT2D eigenvalue weighted by atomic mass is 10.2. The van der Waals surface area contributed by atoms with E-state index >= 15 is 0 Å². The predicted molar refractivity (Wildman–Crippen MR) is 95.2 cm³/mol. The Morgan fingerprint density at radius 3 is 2.80 bits per heavy atom. The maximum absolute atomic E-state index is 12.6. The van der Waals surface area contributed by atoms with Crippen LogP contribution in [0.25, 0.3) is 0 Å². The van der Waals surface area contributed by atoms with E-state index in [0.717, 1.165) is 18.7 Å². The Bertz CT molecular complexity index is 735. The standard InChI is InChI=1S/C18H23N5O2/c1-22(12-17-20-9-7-16(19)21-17)14-8-10-23(11-14)18(24)13-3-5-15(25-2)6-4-13/h3-7,9,14H,8,10-12H2,1-2H3,(H2,19,20,21)/t14-/m0/s1. The van der Waals surface area contributed by atoms with Crippen LogP contribution in [0.2, 0.25) is 0 Å². The molecule has 1 saturated heterocycles. The Hall–Kier alpha value is -2.67. The molecule has 2 heterocycles. The number of amides is 1. The van der Waals surface area contributed by atoms with E-state index in [1.165, 1.54) is 0 Å². The zero-order chi connectivity index (χ0) is 17.8. The number of rotatable bonds is 5. The predicted octanol–water partition coefficient (Wildman–Crippen LogP) is 1.41. The molecule has 1 aliphatic rings. The third-order valence-electron chi connectivity index (χ3n) is 4.53. The number of hydrogen-bond donors (Lipinski definition) is 1. The number of likely N-dealkylation sites (tertiary alicyclic amines) is 1. The maximum atomic E-state index is 12.6. The van der Waals surface area contributed by atoms with Gasteiger partial charge in [-0.25, -0.2) is 9.97 Å². The summed E-state index contributed by atoms with van der Waals surface area (Å²) in [7, 11) is 3.64. The molecule has 7 nitrogen and oxygen atoms in total. The summed E-state index contributed by atoms with van der Waals surface area (Å²) in [6, 6.07) is 9.19. The molecule has 132 valence electrons. The molecule has 3 rings (SSSR count). The van der Waals surface area contributed by atoms with Gasteiger partial charge >= 0.3 is 0 Å². The van der Waals surface area contributed by atoms with Crippen LogP contribution >= 0.6 is 0 Å². The van der Waals surface area contributed by atoms with Gasteiger partial charge in [0.15, 0.2) is 0 Å². The summed E-state index contributed by atoms with van der Waals surface area (Å²) < 4.78 is 5.14. The lowest BCUT2D eigenvalue weighted by Crippen LogP contribution is -2.36. The number of anilines is 1. The van der Waals surface area contributed by atoms with E-state index in [2.05, 4.69) is 14.9 Å². The van der Waals surface area contributed by atoms with E-state index in [0.29, 0.717) is 30.3 Å². The third-order valence-corrected chi connectivity index (χ3v) is 4.53. The fraction of sp³-hybridized carbons (Fsp3) is 0.389. The number of aromatic nitrogens is 2. The number of hydrogen-bond acceptors (Lipinski definition) is 6. The topological polar surface area (TPSA) is 84.6 Å². The average Bonchev–Trinajstić information content (AvgIpc) is 3.11. The van der Waals surface area contributed by atoms with Gasteiger partial charge in [-0.15, -0.1) is 0 Å². The zero-order valence-electron chi connectivity index (χ0n) is 14.6. The minimum Gasteiger partial charge on any atom is -0.497 e. The molecule has 0 aliphatic carbocycles. The van der Waals surface area contributed by atoms with Crippen LogP contribution in [-0.4, -0.2) is 59.0 Å². The van der Waals surface area contributed by atoms with Crippen molar-refractivity contribution < 1.29 is 9.53 Å². The largest absolute Gasteiger partial charge is 0.497 e. The highest BCUT2D eigenvalue weighted by atomic mass is 16.5. The molecule has 1 fully saturated rings. The maximum Gasteiger partial charge on any atom is 0.253 e. The molecular formula is C18H23N5O2. The number of benzene rings is 1. The van der Waals surface area contributed by atoms with E-state index in [4.69, 9.17) is 10.5 Å². The quantitative estimate of drug-likeness (QED) is 0.885. The first-order valence-electron chi connectivity index (χ1n) is 8.28. The van der Waals surface area contributed by atoms with Crippen molar-refractivity contribution in [3.05, 3.63) is 47.9 Å². The van der Waals surface area contributed by atoms with Gasteiger partial charge in [0.2, 0.25) is 0 Å². The van der Waals surface area contributed by atoms with E-state index < -0.39 is 0 Å². The van der Waals surface area contributed by atoms with Gasteiger partial charge in [0, 0.05) is 30.9 Å². The zero-order valence-corrected chi connectivity index (χ0v) is 14.6. The Balaban J connectivity index is 1.59. The minimum atomic E-state index is 0.0544. The second-order valence-electron chi connectivity index (χ2n) is 6.24. The van der Waals surface area contributed by atoms with Crippen LogP contribution in [0.4, 0.5) is 5.82 Å².